The molecule has 1 saturated heterocycles. The highest BCUT2D eigenvalue weighted by Gasteiger charge is 2.41. The molecule has 35 heavy (non-hydrogen) atoms. The van der Waals surface area contributed by atoms with E-state index in [9.17, 15) is 14.9 Å². The lowest BCUT2D eigenvalue weighted by molar-refractivity contribution is -0.431. The molecule has 1 unspecified atom stereocenters. The third kappa shape index (κ3) is 5.68. The number of ether oxygens (including phenoxy) is 1. The third-order valence-electron chi connectivity index (χ3n) is 6.33. The van der Waals surface area contributed by atoms with Crippen LogP contribution in [0.4, 0.5) is 5.95 Å². The number of nitrogens with one attached hydrogen (secondary N) is 1. The number of aromatic nitrogens is 2. The van der Waals surface area contributed by atoms with Gasteiger partial charge in [-0.15, -0.1) is 0 Å². The zero-order valence-electron chi connectivity index (χ0n) is 20.0. The van der Waals surface area contributed by atoms with Crippen LogP contribution in [-0.4, -0.2) is 65.1 Å². The maximum Gasteiger partial charge on any atom is 0.336 e. The average Bonchev–Trinajstić information content (AvgIpc) is 3.39. The molecule has 2 aromatic rings. The molecule has 2 aliphatic heterocycles. The minimum Gasteiger partial charge on any atom is -0.472 e. The molecule has 2 aromatic heterocycles. The van der Waals surface area contributed by atoms with Crippen molar-refractivity contribution in [3.8, 4) is 0 Å². The molecule has 0 radical (unpaired) electrons. The Morgan fingerprint density at radius 3 is 2.60 bits per heavy atom. The highest BCUT2D eigenvalue weighted by molar-refractivity contribution is 5.92. The molecule has 2 aliphatic rings. The fraction of sp³-hybridized carbons (Fsp3) is 0.458. The maximum atomic E-state index is 13.0. The van der Waals surface area contributed by atoms with Gasteiger partial charge in [-0.1, -0.05) is 0 Å². The standard InChI is InChI=1S/C24H30N6O5/c1-17-20(21(19-6-15-34-16-19)22(30(32)33)18(2)27-17)23(31)35-14-4-3-9-28-10-12-29(13-11-28)24-25-7-5-8-26-24/h5-8,15-16,21,27H,3-4,9-14H2,1-2H3. The lowest BCUT2D eigenvalue weighted by Gasteiger charge is -2.34. The van der Waals surface area contributed by atoms with Gasteiger partial charge >= 0.3 is 5.97 Å². The van der Waals surface area contributed by atoms with Crippen molar-refractivity contribution in [2.75, 3.05) is 44.2 Å². The van der Waals surface area contributed by atoms with E-state index in [-0.39, 0.29) is 17.9 Å². The SMILES string of the molecule is CC1=C(C(=O)OCCCCN2CCN(c3ncccn3)CC2)C(c2ccoc2)C([N+](=O)[O-])=C(C)N1. The van der Waals surface area contributed by atoms with Crippen LogP contribution < -0.4 is 10.2 Å². The minimum atomic E-state index is -0.845. The summed E-state index contributed by atoms with van der Waals surface area (Å²) in [4.78, 5) is 37.5. The molecule has 0 aromatic carbocycles. The fourth-order valence-electron chi connectivity index (χ4n) is 4.57. The third-order valence-corrected chi connectivity index (χ3v) is 6.33. The molecule has 0 amide bonds. The molecule has 0 bridgehead atoms. The van der Waals surface area contributed by atoms with Crippen molar-refractivity contribution < 1.29 is 18.9 Å². The van der Waals surface area contributed by atoms with Crippen LogP contribution in [0.3, 0.4) is 0 Å². The number of dihydropyridines is 1. The van der Waals surface area contributed by atoms with Crippen LogP contribution in [0.25, 0.3) is 0 Å². The number of furan rings is 1. The Morgan fingerprint density at radius 1 is 1.20 bits per heavy atom. The first kappa shape index (κ1) is 24.4. The predicted molar refractivity (Wildman–Crippen MR) is 128 cm³/mol. The molecule has 4 heterocycles. The van der Waals surface area contributed by atoms with Gasteiger partial charge in [0, 0.05) is 49.8 Å². The Hall–Kier alpha value is -3.73. The van der Waals surface area contributed by atoms with Crippen molar-refractivity contribution in [1.29, 1.82) is 0 Å². The van der Waals surface area contributed by atoms with Gasteiger partial charge in [0.15, 0.2) is 0 Å². The number of allylic oxidation sites excluding steroid dienone is 3. The first-order chi connectivity index (χ1) is 17.0. The second kappa shape index (κ2) is 11.1. The summed E-state index contributed by atoms with van der Waals surface area (Å²) in [5.41, 5.74) is 1.65. The molecule has 1 fully saturated rings. The molecule has 4 rings (SSSR count). The van der Waals surface area contributed by atoms with Gasteiger partial charge in [-0.3, -0.25) is 15.0 Å². The van der Waals surface area contributed by atoms with Crippen molar-refractivity contribution in [3.05, 3.63) is 75.4 Å². The quantitative estimate of drug-likeness (QED) is 0.247. The number of hydrogen-bond acceptors (Lipinski definition) is 10. The van der Waals surface area contributed by atoms with Crippen LogP contribution in [0.15, 0.2) is 64.1 Å². The van der Waals surface area contributed by atoms with Gasteiger partial charge in [0.05, 0.1) is 35.3 Å². The van der Waals surface area contributed by atoms with Crippen molar-refractivity contribution in [3.63, 3.8) is 0 Å². The lowest BCUT2D eigenvalue weighted by atomic mass is 9.85. The predicted octanol–water partition coefficient (Wildman–Crippen LogP) is 2.68. The average molecular weight is 483 g/mol. The van der Waals surface area contributed by atoms with Gasteiger partial charge in [0.2, 0.25) is 5.95 Å². The molecule has 11 nitrogen and oxygen atoms in total. The summed E-state index contributed by atoms with van der Waals surface area (Å²) in [5, 5.41) is 14.7. The second-order valence-corrected chi connectivity index (χ2v) is 8.64. The summed E-state index contributed by atoms with van der Waals surface area (Å²) in [6, 6.07) is 3.45. The van der Waals surface area contributed by atoms with E-state index in [1.165, 1.54) is 12.5 Å². The van der Waals surface area contributed by atoms with Crippen molar-refractivity contribution >= 4 is 11.9 Å². The van der Waals surface area contributed by atoms with Crippen LogP contribution in [0.1, 0.15) is 38.2 Å². The molecule has 186 valence electrons. The molecule has 0 saturated carbocycles. The van der Waals surface area contributed by atoms with Crippen LogP contribution >= 0.6 is 0 Å². The van der Waals surface area contributed by atoms with E-state index in [0.717, 1.165) is 45.1 Å². The molecule has 11 heteroatoms. The van der Waals surface area contributed by atoms with Crippen LogP contribution in [0, 0.1) is 10.1 Å². The largest absolute Gasteiger partial charge is 0.472 e. The smallest absolute Gasteiger partial charge is 0.336 e. The normalized spacial score (nSPS) is 19.0. The van der Waals surface area contributed by atoms with E-state index in [1.54, 1.807) is 32.3 Å². The molecule has 1 N–H and O–H groups in total. The number of nitro groups is 1. The summed E-state index contributed by atoms with van der Waals surface area (Å²) in [7, 11) is 0. The van der Waals surface area contributed by atoms with Gasteiger partial charge in [0.25, 0.3) is 5.70 Å². The van der Waals surface area contributed by atoms with Crippen LogP contribution in [0.2, 0.25) is 0 Å². The van der Waals surface area contributed by atoms with E-state index in [0.29, 0.717) is 23.4 Å². The maximum absolute atomic E-state index is 13.0. The van der Waals surface area contributed by atoms with E-state index in [4.69, 9.17) is 9.15 Å². The van der Waals surface area contributed by atoms with Crippen molar-refractivity contribution in [2.45, 2.75) is 32.6 Å². The Morgan fingerprint density at radius 2 is 1.94 bits per heavy atom. The highest BCUT2D eigenvalue weighted by atomic mass is 16.6. The summed E-state index contributed by atoms with van der Waals surface area (Å²) >= 11 is 0. The summed E-state index contributed by atoms with van der Waals surface area (Å²) < 4.78 is 10.7. The number of anilines is 1. The molecule has 0 aliphatic carbocycles. The fourth-order valence-corrected chi connectivity index (χ4v) is 4.57. The first-order valence-corrected chi connectivity index (χ1v) is 11.7. The van der Waals surface area contributed by atoms with E-state index in [2.05, 4.69) is 25.1 Å². The summed E-state index contributed by atoms with van der Waals surface area (Å²) in [5.74, 6) is -0.633. The number of esters is 1. The minimum absolute atomic E-state index is 0.0796. The lowest BCUT2D eigenvalue weighted by Crippen LogP contribution is -2.47. The van der Waals surface area contributed by atoms with Gasteiger partial charge in [0.1, 0.15) is 5.92 Å². The van der Waals surface area contributed by atoms with Crippen LogP contribution in [-0.2, 0) is 9.53 Å². The number of hydrogen-bond donors (Lipinski definition) is 1. The topological polar surface area (TPSA) is 127 Å². The highest BCUT2D eigenvalue weighted by Crippen LogP contribution is 2.38. The van der Waals surface area contributed by atoms with E-state index < -0.39 is 16.8 Å². The Balaban J connectivity index is 1.26. The van der Waals surface area contributed by atoms with Crippen LogP contribution in [0.5, 0.6) is 0 Å². The van der Waals surface area contributed by atoms with Crippen molar-refractivity contribution in [1.82, 2.24) is 20.2 Å². The number of carbonyl (C=O) groups is 1. The molecule has 1 atom stereocenters. The van der Waals surface area contributed by atoms with E-state index >= 15 is 0 Å². The van der Waals surface area contributed by atoms with Gasteiger partial charge in [-0.25, -0.2) is 14.8 Å². The Labute approximate surface area is 203 Å². The zero-order valence-corrected chi connectivity index (χ0v) is 20.0. The number of carbonyl (C=O) groups excluding carboxylic acids is 1. The monoisotopic (exact) mass is 482 g/mol. The van der Waals surface area contributed by atoms with Gasteiger partial charge in [-0.05, 0) is 45.4 Å². The Bertz CT molecular complexity index is 1090. The molecular weight excluding hydrogens is 452 g/mol. The summed E-state index contributed by atoms with van der Waals surface area (Å²) in [6.45, 7) is 8.13. The van der Waals surface area contributed by atoms with Gasteiger partial charge < -0.3 is 19.4 Å². The molecular formula is C24H30N6O5. The number of nitrogens with zero attached hydrogens (tertiary/aromatic N) is 5. The van der Waals surface area contributed by atoms with Gasteiger partial charge in [-0.2, -0.15) is 0 Å². The number of unbranched alkanes of at least 4 members (excludes halogenated alkanes) is 1. The first-order valence-electron chi connectivity index (χ1n) is 11.7. The zero-order chi connectivity index (χ0) is 24.8. The Kier molecular flexibility index (Phi) is 7.76. The number of piperazine rings is 1. The molecule has 0 spiro atoms. The summed E-state index contributed by atoms with van der Waals surface area (Å²) in [6.07, 6.45) is 7.97. The van der Waals surface area contributed by atoms with Crippen molar-refractivity contribution in [2.24, 2.45) is 0 Å². The number of rotatable bonds is 9. The van der Waals surface area contributed by atoms with E-state index in [1.807, 2.05) is 6.07 Å². The second-order valence-electron chi connectivity index (χ2n) is 8.64.